The summed E-state index contributed by atoms with van der Waals surface area (Å²) in [5.74, 6) is -0.726. The van der Waals surface area contributed by atoms with Gasteiger partial charge in [0.15, 0.2) is 0 Å². The van der Waals surface area contributed by atoms with Crippen LogP contribution in [0.25, 0.3) is 0 Å². The Morgan fingerprint density at radius 3 is 2.14 bits per heavy atom. The molecular weight excluding hydrogens is 270 g/mol. The number of carboxylic acid groups (broad SMARTS) is 1. The molecule has 0 aliphatic carbocycles. The Balaban J connectivity index is 2.46. The van der Waals surface area contributed by atoms with Crippen LogP contribution in [-0.4, -0.2) is 79.1 Å². The van der Waals surface area contributed by atoms with Crippen molar-refractivity contribution in [3.05, 3.63) is 0 Å². The molecule has 0 aromatic carbocycles. The highest BCUT2D eigenvalue weighted by atomic mass is 16.4. The van der Waals surface area contributed by atoms with Gasteiger partial charge in [-0.25, -0.2) is 4.79 Å². The summed E-state index contributed by atoms with van der Waals surface area (Å²) in [5.41, 5.74) is -0.639. The lowest BCUT2D eigenvalue weighted by molar-refractivity contribution is -0.152. The van der Waals surface area contributed by atoms with E-state index >= 15 is 0 Å². The summed E-state index contributed by atoms with van der Waals surface area (Å²) in [6, 6.07) is 0.0175. The van der Waals surface area contributed by atoms with Crippen LogP contribution in [0.3, 0.4) is 0 Å². The Morgan fingerprint density at radius 2 is 1.71 bits per heavy atom. The molecule has 6 heteroatoms. The second-order valence-corrected chi connectivity index (χ2v) is 6.29. The monoisotopic (exact) mass is 299 g/mol. The van der Waals surface area contributed by atoms with Crippen LogP contribution in [0, 0.1) is 5.41 Å². The summed E-state index contributed by atoms with van der Waals surface area (Å²) >= 11 is 0. The third kappa shape index (κ3) is 4.59. The molecular formula is C15H29N3O3. The van der Waals surface area contributed by atoms with Crippen molar-refractivity contribution in [2.24, 2.45) is 5.41 Å². The number of hydrogen-bond donors (Lipinski definition) is 1. The number of carboxylic acids is 1. The number of aliphatic carboxylic acids is 1. The topological polar surface area (TPSA) is 64.1 Å². The Morgan fingerprint density at radius 1 is 1.14 bits per heavy atom. The van der Waals surface area contributed by atoms with Gasteiger partial charge in [-0.15, -0.1) is 0 Å². The SMILES string of the molecule is CCC1(C(=O)O)CCN(C(=O)N(C)CCCN(C)C)CC1. The first kappa shape index (κ1) is 17.8. The molecule has 2 amide bonds. The van der Waals surface area contributed by atoms with Gasteiger partial charge in [0.05, 0.1) is 5.41 Å². The predicted octanol–water partition coefficient (Wildman–Crippen LogP) is 1.57. The lowest BCUT2D eigenvalue weighted by Crippen LogP contribution is -2.50. The summed E-state index contributed by atoms with van der Waals surface area (Å²) in [6.45, 7) is 4.67. The number of nitrogens with zero attached hydrogens (tertiary/aromatic N) is 3. The lowest BCUT2D eigenvalue weighted by Gasteiger charge is -2.39. The normalized spacial score (nSPS) is 17.9. The van der Waals surface area contributed by atoms with Crippen LogP contribution in [0.4, 0.5) is 4.79 Å². The molecule has 0 aromatic rings. The minimum atomic E-state index is -0.726. The summed E-state index contributed by atoms with van der Waals surface area (Å²) < 4.78 is 0. The van der Waals surface area contributed by atoms with Gasteiger partial charge in [-0.05, 0) is 46.3 Å². The molecule has 1 aliphatic heterocycles. The highest BCUT2D eigenvalue weighted by molar-refractivity contribution is 5.77. The molecule has 0 atom stereocenters. The molecule has 21 heavy (non-hydrogen) atoms. The van der Waals surface area contributed by atoms with Gasteiger partial charge >= 0.3 is 12.0 Å². The van der Waals surface area contributed by atoms with E-state index in [0.717, 1.165) is 19.5 Å². The van der Waals surface area contributed by atoms with Gasteiger partial charge in [0.2, 0.25) is 0 Å². The highest BCUT2D eigenvalue weighted by Gasteiger charge is 2.41. The van der Waals surface area contributed by atoms with Gasteiger partial charge < -0.3 is 19.8 Å². The maximum atomic E-state index is 12.3. The number of urea groups is 1. The molecule has 1 fully saturated rings. The summed E-state index contributed by atoms with van der Waals surface area (Å²) in [6.07, 6.45) is 2.67. The molecule has 0 saturated carbocycles. The average Bonchev–Trinajstić information content (AvgIpc) is 2.45. The molecule has 1 aliphatic rings. The van der Waals surface area contributed by atoms with Crippen molar-refractivity contribution in [3.63, 3.8) is 0 Å². The van der Waals surface area contributed by atoms with Crippen LogP contribution in [0.1, 0.15) is 32.6 Å². The molecule has 0 aromatic heterocycles. The van der Waals surface area contributed by atoms with E-state index in [0.29, 0.717) is 32.4 Å². The predicted molar refractivity (Wildman–Crippen MR) is 82.4 cm³/mol. The van der Waals surface area contributed by atoms with Gasteiger partial charge in [-0.3, -0.25) is 4.79 Å². The molecule has 1 saturated heterocycles. The second kappa shape index (κ2) is 7.64. The van der Waals surface area contributed by atoms with E-state index in [2.05, 4.69) is 4.90 Å². The van der Waals surface area contributed by atoms with Crippen LogP contribution in [0.2, 0.25) is 0 Å². The molecule has 6 nitrogen and oxygen atoms in total. The smallest absolute Gasteiger partial charge is 0.319 e. The van der Waals surface area contributed by atoms with Crippen LogP contribution in [-0.2, 0) is 4.79 Å². The van der Waals surface area contributed by atoms with Crippen molar-refractivity contribution >= 4 is 12.0 Å². The Labute approximate surface area is 127 Å². The molecule has 1 rings (SSSR count). The van der Waals surface area contributed by atoms with Crippen molar-refractivity contribution in [1.82, 2.24) is 14.7 Å². The quantitative estimate of drug-likeness (QED) is 0.808. The molecule has 122 valence electrons. The number of carbonyl (C=O) groups excluding carboxylic acids is 1. The molecule has 1 heterocycles. The second-order valence-electron chi connectivity index (χ2n) is 6.29. The van der Waals surface area contributed by atoms with E-state index < -0.39 is 11.4 Å². The minimum absolute atomic E-state index is 0.0175. The molecule has 0 spiro atoms. The first-order valence-electron chi connectivity index (χ1n) is 7.70. The lowest BCUT2D eigenvalue weighted by atomic mass is 9.76. The van der Waals surface area contributed by atoms with Crippen molar-refractivity contribution in [1.29, 1.82) is 0 Å². The molecule has 0 unspecified atom stereocenters. The summed E-state index contributed by atoms with van der Waals surface area (Å²) in [5, 5.41) is 9.37. The standard InChI is InChI=1S/C15H29N3O3/c1-5-15(13(19)20)7-11-18(12-8-15)14(21)17(4)10-6-9-16(2)3/h5-12H2,1-4H3,(H,19,20). The first-order chi connectivity index (χ1) is 9.82. The van der Waals surface area contributed by atoms with Crippen LogP contribution >= 0.6 is 0 Å². The van der Waals surface area contributed by atoms with E-state index in [4.69, 9.17) is 0 Å². The van der Waals surface area contributed by atoms with E-state index in [-0.39, 0.29) is 6.03 Å². The highest BCUT2D eigenvalue weighted by Crippen LogP contribution is 2.35. The van der Waals surface area contributed by atoms with Crippen molar-refractivity contribution in [2.75, 3.05) is 47.3 Å². The largest absolute Gasteiger partial charge is 0.481 e. The number of piperidine rings is 1. The zero-order valence-corrected chi connectivity index (χ0v) is 13.8. The van der Waals surface area contributed by atoms with Crippen molar-refractivity contribution < 1.29 is 14.7 Å². The van der Waals surface area contributed by atoms with Crippen molar-refractivity contribution in [3.8, 4) is 0 Å². The van der Waals surface area contributed by atoms with Gasteiger partial charge in [-0.1, -0.05) is 6.92 Å². The van der Waals surface area contributed by atoms with E-state index in [1.165, 1.54) is 0 Å². The Hall–Kier alpha value is -1.30. The first-order valence-corrected chi connectivity index (χ1v) is 7.70. The number of carbonyl (C=O) groups is 2. The third-order valence-electron chi connectivity index (χ3n) is 4.55. The number of rotatable bonds is 6. The van der Waals surface area contributed by atoms with E-state index in [1.54, 1.807) is 9.80 Å². The van der Waals surface area contributed by atoms with Gasteiger partial charge in [0.1, 0.15) is 0 Å². The fourth-order valence-corrected chi connectivity index (χ4v) is 2.81. The molecule has 1 N–H and O–H groups in total. The Bertz CT molecular complexity index is 363. The van der Waals surface area contributed by atoms with Gasteiger partial charge in [-0.2, -0.15) is 0 Å². The third-order valence-corrected chi connectivity index (χ3v) is 4.55. The van der Waals surface area contributed by atoms with Gasteiger partial charge in [0, 0.05) is 26.7 Å². The number of hydrogen-bond acceptors (Lipinski definition) is 3. The van der Waals surface area contributed by atoms with E-state index in [9.17, 15) is 14.7 Å². The summed E-state index contributed by atoms with van der Waals surface area (Å²) in [7, 11) is 5.85. The zero-order chi connectivity index (χ0) is 16.0. The summed E-state index contributed by atoms with van der Waals surface area (Å²) in [4.78, 5) is 29.4. The van der Waals surface area contributed by atoms with Crippen LogP contribution in [0.15, 0.2) is 0 Å². The maximum Gasteiger partial charge on any atom is 0.319 e. The van der Waals surface area contributed by atoms with E-state index in [1.807, 2.05) is 28.1 Å². The average molecular weight is 299 g/mol. The Kier molecular flexibility index (Phi) is 6.45. The van der Waals surface area contributed by atoms with Gasteiger partial charge in [0.25, 0.3) is 0 Å². The zero-order valence-electron chi connectivity index (χ0n) is 13.8. The molecule has 0 radical (unpaired) electrons. The maximum absolute atomic E-state index is 12.3. The minimum Gasteiger partial charge on any atom is -0.481 e. The number of likely N-dealkylation sites (tertiary alicyclic amines) is 1. The van der Waals surface area contributed by atoms with Crippen LogP contribution in [0.5, 0.6) is 0 Å². The van der Waals surface area contributed by atoms with Crippen molar-refractivity contribution in [2.45, 2.75) is 32.6 Å². The van der Waals surface area contributed by atoms with Crippen LogP contribution < -0.4 is 0 Å². The fraction of sp³-hybridized carbons (Fsp3) is 0.867. The fourth-order valence-electron chi connectivity index (χ4n) is 2.81. The number of amides is 2. The molecule has 0 bridgehead atoms.